The van der Waals surface area contributed by atoms with Crippen molar-refractivity contribution in [3.05, 3.63) is 47.5 Å². The van der Waals surface area contributed by atoms with Crippen LogP contribution in [0.25, 0.3) is 11.5 Å². The van der Waals surface area contributed by atoms with Gasteiger partial charge in [-0.15, -0.1) is 11.3 Å². The fraction of sp³-hybridized carbons (Fsp3) is 0.250. The molecule has 152 valence electrons. The highest BCUT2D eigenvalue weighted by atomic mass is 32.1. The van der Waals surface area contributed by atoms with Crippen LogP contribution in [0.1, 0.15) is 19.6 Å². The predicted molar refractivity (Wildman–Crippen MR) is 109 cm³/mol. The highest BCUT2D eigenvalue weighted by Crippen LogP contribution is 2.28. The quantitative estimate of drug-likeness (QED) is 0.555. The molecular formula is C20H21N3O5S. The number of hydrogen-bond acceptors (Lipinski definition) is 7. The van der Waals surface area contributed by atoms with Crippen LogP contribution >= 0.6 is 11.3 Å². The zero-order chi connectivity index (χ0) is 20.6. The van der Waals surface area contributed by atoms with Crippen molar-refractivity contribution in [1.29, 1.82) is 0 Å². The molecule has 0 unspecified atom stereocenters. The number of amides is 2. The zero-order valence-electron chi connectivity index (χ0n) is 16.1. The molecule has 0 fully saturated rings. The minimum absolute atomic E-state index is 0.132. The maximum absolute atomic E-state index is 12.2. The van der Waals surface area contributed by atoms with Crippen molar-refractivity contribution in [2.24, 2.45) is 0 Å². The molecule has 0 radical (unpaired) electrons. The standard InChI is InChI=1S/C20H21N3O5S/c1-3-26-17-6-4-5-7-18(17)27-11-19(25)23-20-22-15(12-29-20)16-9-8-14(28-16)10-21-13(2)24/h4-9,12H,3,10-11H2,1-2H3,(H,21,24)(H,22,23,25). The molecule has 0 spiro atoms. The van der Waals surface area contributed by atoms with E-state index in [0.717, 1.165) is 0 Å². The Labute approximate surface area is 171 Å². The summed E-state index contributed by atoms with van der Waals surface area (Å²) in [7, 11) is 0. The maximum atomic E-state index is 12.2. The van der Waals surface area contributed by atoms with Gasteiger partial charge in [0.1, 0.15) is 11.5 Å². The molecule has 29 heavy (non-hydrogen) atoms. The Bertz CT molecular complexity index is 982. The van der Waals surface area contributed by atoms with Gasteiger partial charge in [-0.05, 0) is 31.2 Å². The van der Waals surface area contributed by atoms with Crippen LogP contribution in [0, 0.1) is 0 Å². The number of anilines is 1. The largest absolute Gasteiger partial charge is 0.490 e. The zero-order valence-corrected chi connectivity index (χ0v) is 16.9. The van der Waals surface area contributed by atoms with E-state index in [9.17, 15) is 9.59 Å². The lowest BCUT2D eigenvalue weighted by Gasteiger charge is -2.10. The summed E-state index contributed by atoms with van der Waals surface area (Å²) in [5.74, 6) is 1.81. The van der Waals surface area contributed by atoms with E-state index in [1.165, 1.54) is 18.3 Å². The van der Waals surface area contributed by atoms with E-state index in [0.29, 0.717) is 47.0 Å². The molecular weight excluding hydrogens is 394 g/mol. The summed E-state index contributed by atoms with van der Waals surface area (Å²) in [5, 5.41) is 7.59. The van der Waals surface area contributed by atoms with Gasteiger partial charge in [-0.25, -0.2) is 4.98 Å². The first-order valence-corrected chi connectivity index (χ1v) is 9.86. The van der Waals surface area contributed by atoms with Gasteiger partial charge >= 0.3 is 0 Å². The van der Waals surface area contributed by atoms with E-state index >= 15 is 0 Å². The molecule has 0 aliphatic carbocycles. The minimum atomic E-state index is -0.331. The Morgan fingerprint density at radius 2 is 1.90 bits per heavy atom. The van der Waals surface area contributed by atoms with Gasteiger partial charge < -0.3 is 19.2 Å². The van der Waals surface area contributed by atoms with Crippen molar-refractivity contribution in [2.75, 3.05) is 18.5 Å². The van der Waals surface area contributed by atoms with Gasteiger partial charge in [-0.2, -0.15) is 0 Å². The van der Waals surface area contributed by atoms with Crippen LogP contribution < -0.4 is 20.1 Å². The monoisotopic (exact) mass is 415 g/mol. The third kappa shape index (κ3) is 5.82. The number of benzene rings is 1. The van der Waals surface area contributed by atoms with Crippen LogP contribution in [0.2, 0.25) is 0 Å². The first-order valence-electron chi connectivity index (χ1n) is 8.98. The second kappa shape index (κ2) is 9.74. The molecule has 3 rings (SSSR count). The number of ether oxygens (including phenoxy) is 2. The van der Waals surface area contributed by atoms with Crippen molar-refractivity contribution < 1.29 is 23.5 Å². The summed E-state index contributed by atoms with van der Waals surface area (Å²) in [4.78, 5) is 27.5. The van der Waals surface area contributed by atoms with Crippen LogP contribution in [0.15, 0.2) is 46.2 Å². The first kappa shape index (κ1) is 20.4. The number of nitrogens with zero attached hydrogens (tertiary/aromatic N) is 1. The number of carbonyl (C=O) groups is 2. The van der Waals surface area contributed by atoms with E-state index in [-0.39, 0.29) is 18.4 Å². The Morgan fingerprint density at radius 3 is 2.62 bits per heavy atom. The van der Waals surface area contributed by atoms with Gasteiger partial charge in [0.25, 0.3) is 5.91 Å². The molecule has 8 nitrogen and oxygen atoms in total. The lowest BCUT2D eigenvalue weighted by atomic mass is 10.3. The van der Waals surface area contributed by atoms with Crippen LogP contribution in [0.5, 0.6) is 11.5 Å². The van der Waals surface area contributed by atoms with Crippen molar-refractivity contribution in [1.82, 2.24) is 10.3 Å². The third-order valence-electron chi connectivity index (χ3n) is 3.68. The summed E-state index contributed by atoms with van der Waals surface area (Å²) < 4.78 is 16.7. The number of rotatable bonds is 9. The second-order valence-corrected chi connectivity index (χ2v) is 6.79. The van der Waals surface area contributed by atoms with Crippen LogP contribution in [0.3, 0.4) is 0 Å². The number of carbonyl (C=O) groups excluding carboxylic acids is 2. The van der Waals surface area contributed by atoms with Crippen LogP contribution in [-0.4, -0.2) is 30.0 Å². The van der Waals surface area contributed by atoms with Crippen LogP contribution in [0.4, 0.5) is 5.13 Å². The SMILES string of the molecule is CCOc1ccccc1OCC(=O)Nc1nc(-c2ccc(CNC(C)=O)o2)cs1. The summed E-state index contributed by atoms with van der Waals surface area (Å²) in [6.45, 7) is 3.97. The number of para-hydroxylation sites is 2. The number of aromatic nitrogens is 1. The van der Waals surface area contributed by atoms with Gasteiger partial charge in [-0.3, -0.25) is 14.9 Å². The molecule has 0 atom stereocenters. The van der Waals surface area contributed by atoms with Crippen molar-refractivity contribution in [3.8, 4) is 23.0 Å². The Balaban J connectivity index is 1.55. The van der Waals surface area contributed by atoms with Gasteiger partial charge in [0, 0.05) is 12.3 Å². The molecule has 0 saturated heterocycles. The number of furan rings is 1. The number of hydrogen-bond donors (Lipinski definition) is 2. The lowest BCUT2D eigenvalue weighted by molar-refractivity contribution is -0.119. The average Bonchev–Trinajstić information content (AvgIpc) is 3.35. The Kier molecular flexibility index (Phi) is 6.85. The Hall–Kier alpha value is -3.33. The molecule has 9 heteroatoms. The van der Waals surface area contributed by atoms with Gasteiger partial charge in [0.15, 0.2) is 29.0 Å². The van der Waals surface area contributed by atoms with Crippen LogP contribution in [-0.2, 0) is 16.1 Å². The molecule has 0 bridgehead atoms. The average molecular weight is 415 g/mol. The molecule has 3 aromatic rings. The molecule has 2 aromatic heterocycles. The molecule has 0 aliphatic rings. The third-order valence-corrected chi connectivity index (χ3v) is 4.44. The fourth-order valence-corrected chi connectivity index (χ4v) is 3.13. The van der Waals surface area contributed by atoms with E-state index in [1.54, 1.807) is 29.6 Å². The summed E-state index contributed by atoms with van der Waals surface area (Å²) in [6.07, 6.45) is 0. The lowest BCUT2D eigenvalue weighted by Crippen LogP contribution is -2.20. The summed E-state index contributed by atoms with van der Waals surface area (Å²) >= 11 is 1.28. The smallest absolute Gasteiger partial charge is 0.264 e. The first-order chi connectivity index (χ1) is 14.0. The normalized spacial score (nSPS) is 10.4. The second-order valence-electron chi connectivity index (χ2n) is 5.93. The van der Waals surface area contributed by atoms with E-state index < -0.39 is 0 Å². The van der Waals surface area contributed by atoms with Crippen molar-refractivity contribution in [2.45, 2.75) is 20.4 Å². The summed E-state index contributed by atoms with van der Waals surface area (Å²) in [5.41, 5.74) is 0.599. The summed E-state index contributed by atoms with van der Waals surface area (Å²) in [6, 6.07) is 10.7. The molecule has 0 saturated carbocycles. The predicted octanol–water partition coefficient (Wildman–Crippen LogP) is 3.46. The topological polar surface area (TPSA) is 103 Å². The molecule has 1 aromatic carbocycles. The molecule has 2 N–H and O–H groups in total. The molecule has 2 heterocycles. The van der Waals surface area contributed by atoms with E-state index in [4.69, 9.17) is 13.9 Å². The fourth-order valence-electron chi connectivity index (χ4n) is 2.41. The van der Waals surface area contributed by atoms with Crippen molar-refractivity contribution >= 4 is 28.3 Å². The highest BCUT2D eigenvalue weighted by Gasteiger charge is 2.13. The molecule has 2 amide bonds. The van der Waals surface area contributed by atoms with E-state index in [1.807, 2.05) is 19.1 Å². The Morgan fingerprint density at radius 1 is 1.14 bits per heavy atom. The van der Waals surface area contributed by atoms with Crippen molar-refractivity contribution in [3.63, 3.8) is 0 Å². The minimum Gasteiger partial charge on any atom is -0.490 e. The highest BCUT2D eigenvalue weighted by molar-refractivity contribution is 7.14. The van der Waals surface area contributed by atoms with Gasteiger partial charge in [-0.1, -0.05) is 12.1 Å². The number of nitrogens with one attached hydrogen (secondary N) is 2. The van der Waals surface area contributed by atoms with Gasteiger partial charge in [0.05, 0.1) is 13.2 Å². The number of thiazole rings is 1. The van der Waals surface area contributed by atoms with Gasteiger partial charge in [0.2, 0.25) is 5.91 Å². The van der Waals surface area contributed by atoms with E-state index in [2.05, 4.69) is 15.6 Å². The molecule has 0 aliphatic heterocycles. The maximum Gasteiger partial charge on any atom is 0.264 e.